The molecule has 1 aromatic carbocycles. The van der Waals surface area contributed by atoms with Crippen molar-refractivity contribution < 1.29 is 18.9 Å². The molecule has 1 aromatic rings. The molecule has 1 rings (SSSR count). The summed E-state index contributed by atoms with van der Waals surface area (Å²) in [6, 6.07) is 6.48. The third-order valence-electron chi connectivity index (χ3n) is 1.53. The van der Waals surface area contributed by atoms with Gasteiger partial charge in [0.15, 0.2) is 0 Å². The summed E-state index contributed by atoms with van der Waals surface area (Å²) in [5, 5.41) is 0. The molecule has 14 heavy (non-hydrogen) atoms. The van der Waals surface area contributed by atoms with Crippen LogP contribution >= 0.6 is 7.82 Å². The van der Waals surface area contributed by atoms with Crippen molar-refractivity contribution in [1.29, 1.82) is 0 Å². The van der Waals surface area contributed by atoms with Crippen molar-refractivity contribution in [3.63, 3.8) is 0 Å². The minimum atomic E-state index is -4.44. The van der Waals surface area contributed by atoms with Crippen molar-refractivity contribution in [3.8, 4) is 5.75 Å². The Labute approximate surface area is 82.1 Å². The van der Waals surface area contributed by atoms with Crippen molar-refractivity contribution in [1.82, 2.24) is 0 Å². The average Bonchev–Trinajstić information content (AvgIpc) is 2.06. The van der Waals surface area contributed by atoms with Crippen LogP contribution in [0.2, 0.25) is 0 Å². The highest BCUT2D eigenvalue weighted by Gasteiger charge is 2.15. The number of allylic oxidation sites excluding steroid dienone is 1. The van der Waals surface area contributed by atoms with Gasteiger partial charge in [0, 0.05) is 0 Å². The van der Waals surface area contributed by atoms with Gasteiger partial charge in [0.05, 0.1) is 0 Å². The second kappa shape index (κ2) is 4.42. The van der Waals surface area contributed by atoms with Gasteiger partial charge >= 0.3 is 7.82 Å². The molecule has 0 saturated heterocycles. The SMILES string of the molecule is C=CCc1ccc(OP(=O)(O)O)cc1. The Bertz CT molecular complexity index is 352. The summed E-state index contributed by atoms with van der Waals surface area (Å²) in [7, 11) is -4.44. The summed E-state index contributed by atoms with van der Waals surface area (Å²) in [5.74, 6) is 0.158. The molecule has 0 atom stereocenters. The van der Waals surface area contributed by atoms with Crippen LogP contribution in [-0.2, 0) is 11.0 Å². The standard InChI is InChI=1S/C9H11O4P/c1-2-3-8-4-6-9(7-5-8)13-14(10,11)12/h2,4-7H,1,3H2,(H2,10,11,12). The highest BCUT2D eigenvalue weighted by atomic mass is 31.2. The first-order chi connectivity index (χ1) is 6.51. The van der Waals surface area contributed by atoms with Gasteiger partial charge < -0.3 is 4.52 Å². The smallest absolute Gasteiger partial charge is 0.404 e. The third-order valence-corrected chi connectivity index (χ3v) is 1.98. The zero-order valence-corrected chi connectivity index (χ0v) is 8.35. The molecular formula is C9H11O4P. The molecule has 5 heteroatoms. The van der Waals surface area contributed by atoms with Crippen LogP contribution in [0.15, 0.2) is 36.9 Å². The minimum absolute atomic E-state index is 0.158. The van der Waals surface area contributed by atoms with E-state index in [4.69, 9.17) is 9.79 Å². The van der Waals surface area contributed by atoms with Crippen LogP contribution < -0.4 is 4.52 Å². The van der Waals surface area contributed by atoms with Crippen LogP contribution in [0, 0.1) is 0 Å². The maximum Gasteiger partial charge on any atom is 0.524 e. The number of phosphoric acid groups is 1. The Morgan fingerprint density at radius 2 is 1.93 bits per heavy atom. The van der Waals surface area contributed by atoms with Crippen molar-refractivity contribution in [2.45, 2.75) is 6.42 Å². The first kappa shape index (κ1) is 11.0. The van der Waals surface area contributed by atoms with Gasteiger partial charge in [0.25, 0.3) is 0 Å². The lowest BCUT2D eigenvalue weighted by Crippen LogP contribution is -1.90. The van der Waals surface area contributed by atoms with Crippen molar-refractivity contribution in [3.05, 3.63) is 42.5 Å². The molecule has 0 aliphatic rings. The van der Waals surface area contributed by atoms with Crippen LogP contribution in [0.25, 0.3) is 0 Å². The predicted molar refractivity (Wildman–Crippen MR) is 53.0 cm³/mol. The number of rotatable bonds is 4. The van der Waals surface area contributed by atoms with Gasteiger partial charge in [-0.3, -0.25) is 9.79 Å². The first-order valence-corrected chi connectivity index (χ1v) is 5.49. The number of hydrogen-bond donors (Lipinski definition) is 2. The lowest BCUT2D eigenvalue weighted by atomic mass is 10.1. The Morgan fingerprint density at radius 1 is 1.36 bits per heavy atom. The van der Waals surface area contributed by atoms with Crippen LogP contribution in [0.5, 0.6) is 5.75 Å². The summed E-state index contributed by atoms with van der Waals surface area (Å²) in [6.07, 6.45) is 2.47. The molecule has 0 spiro atoms. The van der Waals surface area contributed by atoms with Gasteiger partial charge in [-0.15, -0.1) is 6.58 Å². The molecule has 4 nitrogen and oxygen atoms in total. The lowest BCUT2D eigenvalue weighted by molar-refractivity contribution is 0.283. The fraction of sp³-hybridized carbons (Fsp3) is 0.111. The van der Waals surface area contributed by atoms with E-state index in [1.165, 1.54) is 12.1 Å². The van der Waals surface area contributed by atoms with Gasteiger partial charge in [0.2, 0.25) is 0 Å². The predicted octanol–water partition coefficient (Wildman–Crippen LogP) is 1.89. The Kier molecular flexibility index (Phi) is 3.47. The highest BCUT2D eigenvalue weighted by Crippen LogP contribution is 2.37. The normalized spacial score (nSPS) is 11.0. The van der Waals surface area contributed by atoms with E-state index >= 15 is 0 Å². The molecule has 0 saturated carbocycles. The van der Waals surface area contributed by atoms with Crippen LogP contribution in [0.1, 0.15) is 5.56 Å². The van der Waals surface area contributed by atoms with E-state index in [0.29, 0.717) is 0 Å². The fourth-order valence-electron chi connectivity index (χ4n) is 0.990. The number of hydrogen-bond acceptors (Lipinski definition) is 2. The summed E-state index contributed by atoms with van der Waals surface area (Å²) in [5.41, 5.74) is 1.01. The first-order valence-electron chi connectivity index (χ1n) is 3.96. The summed E-state index contributed by atoms with van der Waals surface area (Å²) in [4.78, 5) is 17.0. The van der Waals surface area contributed by atoms with Crippen LogP contribution in [-0.4, -0.2) is 9.79 Å². The van der Waals surface area contributed by atoms with E-state index in [1.807, 2.05) is 0 Å². The summed E-state index contributed by atoms with van der Waals surface area (Å²) in [6.45, 7) is 3.58. The van der Waals surface area contributed by atoms with Crippen molar-refractivity contribution >= 4 is 7.82 Å². The topological polar surface area (TPSA) is 66.8 Å². The van der Waals surface area contributed by atoms with Gasteiger partial charge in [-0.25, -0.2) is 4.57 Å². The molecular weight excluding hydrogens is 203 g/mol. The van der Waals surface area contributed by atoms with Crippen molar-refractivity contribution in [2.75, 3.05) is 0 Å². The molecule has 0 fully saturated rings. The maximum absolute atomic E-state index is 10.5. The van der Waals surface area contributed by atoms with Gasteiger partial charge in [-0.2, -0.15) is 0 Å². The van der Waals surface area contributed by atoms with Gasteiger partial charge in [-0.05, 0) is 24.1 Å². The zero-order chi connectivity index (χ0) is 10.6. The molecule has 0 heterocycles. The minimum Gasteiger partial charge on any atom is -0.404 e. The number of phosphoric ester groups is 1. The van der Waals surface area contributed by atoms with Crippen LogP contribution in [0.3, 0.4) is 0 Å². The monoisotopic (exact) mass is 214 g/mol. The second-order valence-corrected chi connectivity index (χ2v) is 3.88. The van der Waals surface area contributed by atoms with Gasteiger partial charge in [-0.1, -0.05) is 18.2 Å². The quantitative estimate of drug-likeness (QED) is 0.593. The lowest BCUT2D eigenvalue weighted by Gasteiger charge is -2.06. The molecule has 76 valence electrons. The molecule has 0 aliphatic carbocycles. The molecule has 0 aromatic heterocycles. The summed E-state index contributed by atoms with van der Waals surface area (Å²) < 4.78 is 14.8. The molecule has 0 radical (unpaired) electrons. The van der Waals surface area contributed by atoms with E-state index in [9.17, 15) is 4.57 Å². The van der Waals surface area contributed by atoms with E-state index < -0.39 is 7.82 Å². The van der Waals surface area contributed by atoms with Crippen LogP contribution in [0.4, 0.5) is 0 Å². The largest absolute Gasteiger partial charge is 0.524 e. The van der Waals surface area contributed by atoms with E-state index in [1.54, 1.807) is 18.2 Å². The third kappa shape index (κ3) is 3.75. The molecule has 0 bridgehead atoms. The average molecular weight is 214 g/mol. The second-order valence-electron chi connectivity index (χ2n) is 2.72. The van der Waals surface area contributed by atoms with E-state index in [0.717, 1.165) is 12.0 Å². The molecule has 2 N–H and O–H groups in total. The Morgan fingerprint density at radius 3 is 2.36 bits per heavy atom. The molecule has 0 unspecified atom stereocenters. The maximum atomic E-state index is 10.5. The Balaban J connectivity index is 2.73. The highest BCUT2D eigenvalue weighted by molar-refractivity contribution is 7.46. The van der Waals surface area contributed by atoms with Gasteiger partial charge in [0.1, 0.15) is 5.75 Å². The molecule has 0 aliphatic heterocycles. The zero-order valence-electron chi connectivity index (χ0n) is 7.46. The van der Waals surface area contributed by atoms with E-state index in [-0.39, 0.29) is 5.75 Å². The fourth-order valence-corrected chi connectivity index (χ4v) is 1.39. The van der Waals surface area contributed by atoms with E-state index in [2.05, 4.69) is 11.1 Å². The molecule has 0 amide bonds. The van der Waals surface area contributed by atoms with Crippen molar-refractivity contribution in [2.24, 2.45) is 0 Å². The number of benzene rings is 1. The summed E-state index contributed by atoms with van der Waals surface area (Å²) >= 11 is 0. The Hall–Kier alpha value is -1.09.